The first-order valence-corrected chi connectivity index (χ1v) is 11.5. The first-order valence-electron chi connectivity index (χ1n) is 9.59. The van der Waals surface area contributed by atoms with Crippen molar-refractivity contribution in [1.29, 1.82) is 0 Å². The minimum absolute atomic E-state index is 0.285. The molecule has 0 aliphatic rings. The van der Waals surface area contributed by atoms with Gasteiger partial charge in [0.1, 0.15) is 0 Å². The van der Waals surface area contributed by atoms with Crippen LogP contribution in [0.2, 0.25) is 0 Å². The van der Waals surface area contributed by atoms with Gasteiger partial charge in [-0.3, -0.25) is 20.3 Å². The zero-order valence-corrected chi connectivity index (χ0v) is 17.8. The van der Waals surface area contributed by atoms with E-state index in [2.05, 4.69) is 25.9 Å². The predicted octanol–water partition coefficient (Wildman–Crippen LogP) is 3.07. The molecule has 0 saturated carbocycles. The Kier molecular flexibility index (Phi) is 5.97. The van der Waals surface area contributed by atoms with Gasteiger partial charge < -0.3 is 5.32 Å². The second-order valence-corrected chi connectivity index (χ2v) is 8.70. The molecule has 0 unspecified atom stereocenters. The van der Waals surface area contributed by atoms with Crippen LogP contribution in [-0.2, 0) is 10.0 Å². The fourth-order valence-corrected chi connectivity index (χ4v) is 3.31. The van der Waals surface area contributed by atoms with E-state index in [1.807, 2.05) is 53.4 Å². The molecule has 4 rings (SSSR count). The van der Waals surface area contributed by atoms with Crippen LogP contribution < -0.4 is 15.6 Å². The summed E-state index contributed by atoms with van der Waals surface area (Å²) in [6.07, 6.45) is 6.47. The Morgan fingerprint density at radius 1 is 1.03 bits per heavy atom. The smallest absolute Gasteiger partial charge is 0.268 e. The number of fused-ring (bicyclic) bond motifs is 1. The zero-order valence-electron chi connectivity index (χ0n) is 17.0. The Balaban J connectivity index is 1.54. The lowest BCUT2D eigenvalue weighted by Gasteiger charge is -2.12. The standard InChI is InChI=1S/C22H20N6O3S/c1-32(30,31)28-27-22(29)18-7-2-3-8-19(18)24-16-9-11-17-20(25-26-21(17)14-16)12-10-15-6-4-5-13-23-15/h2-14,24,28H,1H3,(H,25,26)(H,27,29)/b12-10+. The molecule has 0 fully saturated rings. The van der Waals surface area contributed by atoms with Crippen LogP contribution in [0.5, 0.6) is 0 Å². The van der Waals surface area contributed by atoms with Crippen LogP contribution in [0, 0.1) is 0 Å². The summed E-state index contributed by atoms with van der Waals surface area (Å²) in [6, 6.07) is 18.2. The number of nitrogens with one attached hydrogen (secondary N) is 4. The minimum Gasteiger partial charge on any atom is -0.355 e. The first kappa shape index (κ1) is 21.2. The lowest BCUT2D eigenvalue weighted by atomic mass is 10.1. The summed E-state index contributed by atoms with van der Waals surface area (Å²) < 4.78 is 22.5. The van der Waals surface area contributed by atoms with Gasteiger partial charge >= 0.3 is 0 Å². The van der Waals surface area contributed by atoms with Crippen molar-refractivity contribution in [3.05, 3.63) is 83.8 Å². The fourth-order valence-electron chi connectivity index (χ4n) is 3.04. The molecule has 0 atom stereocenters. The van der Waals surface area contributed by atoms with E-state index < -0.39 is 15.9 Å². The van der Waals surface area contributed by atoms with E-state index in [9.17, 15) is 13.2 Å². The van der Waals surface area contributed by atoms with Crippen LogP contribution in [0.25, 0.3) is 23.1 Å². The molecule has 0 saturated heterocycles. The summed E-state index contributed by atoms with van der Waals surface area (Å²) in [6.45, 7) is 0. The maximum Gasteiger partial charge on any atom is 0.268 e. The maximum absolute atomic E-state index is 12.4. The molecule has 162 valence electrons. The topological polar surface area (TPSA) is 129 Å². The van der Waals surface area contributed by atoms with Crippen LogP contribution in [0.1, 0.15) is 21.7 Å². The fraction of sp³-hybridized carbons (Fsp3) is 0.0455. The zero-order chi connectivity index (χ0) is 22.6. The van der Waals surface area contributed by atoms with E-state index in [0.29, 0.717) is 5.69 Å². The van der Waals surface area contributed by atoms with Crippen molar-refractivity contribution in [3.63, 3.8) is 0 Å². The highest BCUT2D eigenvalue weighted by Gasteiger charge is 2.13. The van der Waals surface area contributed by atoms with Crippen LogP contribution >= 0.6 is 0 Å². The number of anilines is 2. The number of rotatable bonds is 7. The molecule has 9 nitrogen and oxygen atoms in total. The number of hydrogen-bond acceptors (Lipinski definition) is 6. The van der Waals surface area contributed by atoms with Crippen LogP contribution in [0.3, 0.4) is 0 Å². The molecular weight excluding hydrogens is 428 g/mol. The van der Waals surface area contributed by atoms with Gasteiger partial charge in [-0.1, -0.05) is 18.2 Å². The molecule has 0 radical (unpaired) electrons. The van der Waals surface area contributed by atoms with E-state index in [-0.39, 0.29) is 5.56 Å². The molecular formula is C22H20N6O3S. The Hall–Kier alpha value is -4.02. The SMILES string of the molecule is CS(=O)(=O)NNC(=O)c1ccccc1Nc1ccc2c(/C=C/c3ccccn3)n[nH]c2c1. The van der Waals surface area contributed by atoms with Crippen molar-refractivity contribution < 1.29 is 13.2 Å². The second kappa shape index (κ2) is 9.00. The van der Waals surface area contributed by atoms with Crippen molar-refractivity contribution in [2.45, 2.75) is 0 Å². The lowest BCUT2D eigenvalue weighted by molar-refractivity contribution is 0.0946. The highest BCUT2D eigenvalue weighted by molar-refractivity contribution is 7.88. The summed E-state index contributed by atoms with van der Waals surface area (Å²) in [5.41, 5.74) is 6.15. The van der Waals surface area contributed by atoms with Crippen molar-refractivity contribution in [2.75, 3.05) is 11.6 Å². The summed E-state index contributed by atoms with van der Waals surface area (Å²) in [7, 11) is -3.57. The molecule has 1 amide bonds. The number of H-pyrrole nitrogens is 1. The van der Waals surface area contributed by atoms with Gasteiger partial charge in [0.15, 0.2) is 0 Å². The van der Waals surface area contributed by atoms with Gasteiger partial charge in [-0.15, -0.1) is 4.83 Å². The average Bonchev–Trinajstić information content (AvgIpc) is 3.19. The monoisotopic (exact) mass is 448 g/mol. The van der Waals surface area contributed by atoms with Crippen LogP contribution in [0.15, 0.2) is 66.9 Å². The summed E-state index contributed by atoms with van der Waals surface area (Å²) in [5.74, 6) is -0.580. The number of carbonyl (C=O) groups excluding carboxylic acids is 1. The van der Waals surface area contributed by atoms with E-state index in [1.165, 1.54) is 0 Å². The molecule has 0 spiro atoms. The number of amides is 1. The second-order valence-electron chi connectivity index (χ2n) is 6.96. The number of para-hydroxylation sites is 1. The van der Waals surface area contributed by atoms with Crippen molar-refractivity contribution in [1.82, 2.24) is 25.4 Å². The number of hydrazine groups is 1. The molecule has 0 aliphatic heterocycles. The normalized spacial score (nSPS) is 11.7. The molecule has 4 N–H and O–H groups in total. The number of aromatic nitrogens is 3. The van der Waals surface area contributed by atoms with Gasteiger partial charge in [0.2, 0.25) is 10.0 Å². The van der Waals surface area contributed by atoms with Gasteiger partial charge in [0, 0.05) is 17.3 Å². The average molecular weight is 449 g/mol. The number of aromatic amines is 1. The number of carbonyl (C=O) groups is 1. The predicted molar refractivity (Wildman–Crippen MR) is 124 cm³/mol. The van der Waals surface area contributed by atoms with Gasteiger partial charge in [-0.05, 0) is 54.6 Å². The van der Waals surface area contributed by atoms with Crippen LogP contribution in [-0.4, -0.2) is 35.8 Å². The number of pyridine rings is 1. The summed E-state index contributed by atoms with van der Waals surface area (Å²) in [5, 5.41) is 11.5. The molecule has 0 bridgehead atoms. The Morgan fingerprint density at radius 3 is 2.62 bits per heavy atom. The largest absolute Gasteiger partial charge is 0.355 e. The molecule has 2 heterocycles. The highest BCUT2D eigenvalue weighted by Crippen LogP contribution is 2.25. The highest BCUT2D eigenvalue weighted by atomic mass is 32.2. The summed E-state index contributed by atoms with van der Waals surface area (Å²) >= 11 is 0. The molecule has 0 aliphatic carbocycles. The molecule has 32 heavy (non-hydrogen) atoms. The number of sulfonamides is 1. The quantitative estimate of drug-likeness (QED) is 0.322. The Morgan fingerprint density at radius 2 is 1.84 bits per heavy atom. The van der Waals surface area contributed by atoms with Crippen molar-refractivity contribution >= 4 is 50.4 Å². The lowest BCUT2D eigenvalue weighted by Crippen LogP contribution is -2.41. The minimum atomic E-state index is -3.57. The van der Waals surface area contributed by atoms with Crippen molar-refractivity contribution in [2.24, 2.45) is 0 Å². The number of nitrogens with zero attached hydrogens (tertiary/aromatic N) is 2. The third-order valence-corrected chi connectivity index (χ3v) is 4.97. The van der Waals surface area contributed by atoms with Gasteiger partial charge in [0.05, 0.1) is 34.4 Å². The third-order valence-electron chi connectivity index (χ3n) is 4.49. The van der Waals surface area contributed by atoms with Crippen LogP contribution in [0.4, 0.5) is 11.4 Å². The Labute approximate surface area is 184 Å². The maximum atomic E-state index is 12.4. The van der Waals surface area contributed by atoms with E-state index in [1.54, 1.807) is 30.5 Å². The third kappa shape index (κ3) is 5.17. The Bertz CT molecular complexity index is 1400. The van der Waals surface area contributed by atoms with Gasteiger partial charge in [-0.2, -0.15) is 5.10 Å². The molecule has 2 aromatic carbocycles. The van der Waals surface area contributed by atoms with E-state index in [4.69, 9.17) is 0 Å². The molecule has 4 aromatic rings. The molecule has 2 aromatic heterocycles. The number of hydrogen-bond donors (Lipinski definition) is 4. The van der Waals surface area contributed by atoms with Gasteiger partial charge in [-0.25, -0.2) is 8.42 Å². The van der Waals surface area contributed by atoms with E-state index in [0.717, 1.165) is 34.2 Å². The van der Waals surface area contributed by atoms with Crippen molar-refractivity contribution in [3.8, 4) is 0 Å². The molecule has 10 heteroatoms. The van der Waals surface area contributed by atoms with E-state index >= 15 is 0 Å². The summed E-state index contributed by atoms with van der Waals surface area (Å²) in [4.78, 5) is 18.6. The number of benzene rings is 2. The van der Waals surface area contributed by atoms with Gasteiger partial charge in [0.25, 0.3) is 5.91 Å². The first-order chi connectivity index (χ1) is 15.4.